The Hall–Kier alpha value is 0.0700. The third-order valence-electron chi connectivity index (χ3n) is 7.78. The standard InChI is InChI=1S/C28H52O12.Na.H/c1-2-3-4-5-6-7-8-9-10-11-12-13-14-15-21(32)38-26-23(34)20(17-30)39-28(26,18-31)40-27-25(36)24(35)22(33)19(16-29)37-27;;/h19-20,22-27,29-31,33-36H,2-18H2,1H3;;/t19-,20-,22-,23-,24+,25-,26+,27-,28+;;/m1../s1. The Kier molecular flexibility index (Phi) is 19.9. The van der Waals surface area contributed by atoms with Crippen LogP contribution in [0.25, 0.3) is 0 Å². The maximum absolute atomic E-state index is 12.6. The first-order chi connectivity index (χ1) is 19.2. The van der Waals surface area contributed by atoms with Gasteiger partial charge < -0.3 is 54.7 Å². The molecule has 0 saturated carbocycles. The minimum atomic E-state index is -2.24. The molecule has 9 atom stereocenters. The van der Waals surface area contributed by atoms with E-state index in [1.54, 1.807) is 0 Å². The van der Waals surface area contributed by atoms with Gasteiger partial charge in [0.15, 0.2) is 12.4 Å². The molecule has 2 aliphatic rings. The maximum atomic E-state index is 12.6. The van der Waals surface area contributed by atoms with Crippen LogP contribution in [0.4, 0.5) is 0 Å². The van der Waals surface area contributed by atoms with Crippen molar-refractivity contribution in [1.82, 2.24) is 0 Å². The summed E-state index contributed by atoms with van der Waals surface area (Å²) in [5, 5.41) is 70.2. The van der Waals surface area contributed by atoms with Gasteiger partial charge in [-0.1, -0.05) is 84.0 Å². The summed E-state index contributed by atoms with van der Waals surface area (Å²) in [6.45, 7) is -0.142. The normalized spacial score (nSPS) is 33.5. The van der Waals surface area contributed by atoms with Crippen LogP contribution in [-0.4, -0.2) is 146 Å². The molecule has 0 unspecified atom stereocenters. The molecule has 41 heavy (non-hydrogen) atoms. The molecule has 0 aliphatic carbocycles. The van der Waals surface area contributed by atoms with Crippen LogP contribution in [0.3, 0.4) is 0 Å². The summed E-state index contributed by atoms with van der Waals surface area (Å²) >= 11 is 0. The summed E-state index contributed by atoms with van der Waals surface area (Å²) in [4.78, 5) is 12.6. The van der Waals surface area contributed by atoms with Gasteiger partial charge in [-0.3, -0.25) is 4.79 Å². The van der Waals surface area contributed by atoms with E-state index in [2.05, 4.69) is 6.92 Å². The quantitative estimate of drug-likeness (QED) is 0.0559. The first kappa shape index (κ1) is 39.1. The number of hydrogen-bond acceptors (Lipinski definition) is 12. The van der Waals surface area contributed by atoms with Crippen LogP contribution in [0, 0.1) is 0 Å². The van der Waals surface area contributed by atoms with Gasteiger partial charge in [0, 0.05) is 6.42 Å². The Morgan fingerprint density at radius 3 is 1.71 bits per heavy atom. The molecule has 2 fully saturated rings. The molecule has 12 nitrogen and oxygen atoms in total. The first-order valence-corrected chi connectivity index (χ1v) is 15.0. The van der Waals surface area contributed by atoms with Gasteiger partial charge in [-0.15, -0.1) is 0 Å². The molecule has 2 heterocycles. The third kappa shape index (κ3) is 11.8. The molecular formula is C28H53NaO12. The minimum absolute atomic E-state index is 0. The van der Waals surface area contributed by atoms with Crippen LogP contribution in [0.2, 0.25) is 0 Å². The molecule has 13 heteroatoms. The van der Waals surface area contributed by atoms with E-state index >= 15 is 0 Å². The molecule has 0 aromatic heterocycles. The second kappa shape index (κ2) is 20.9. The Morgan fingerprint density at radius 2 is 1.22 bits per heavy atom. The summed E-state index contributed by atoms with van der Waals surface area (Å²) in [6, 6.07) is 0. The zero-order valence-electron chi connectivity index (χ0n) is 23.8. The van der Waals surface area contributed by atoms with Crippen molar-refractivity contribution in [3.05, 3.63) is 0 Å². The zero-order valence-corrected chi connectivity index (χ0v) is 23.8. The van der Waals surface area contributed by atoms with Crippen molar-refractivity contribution in [3.8, 4) is 0 Å². The van der Waals surface area contributed by atoms with Gasteiger partial charge in [0.05, 0.1) is 13.2 Å². The third-order valence-corrected chi connectivity index (χ3v) is 7.78. The van der Waals surface area contributed by atoms with Crippen LogP contribution in [-0.2, 0) is 23.7 Å². The van der Waals surface area contributed by atoms with E-state index in [0.717, 1.165) is 19.3 Å². The number of ether oxygens (including phenoxy) is 4. The first-order valence-electron chi connectivity index (χ1n) is 15.0. The van der Waals surface area contributed by atoms with Crippen molar-refractivity contribution in [2.24, 2.45) is 0 Å². The second-order valence-electron chi connectivity index (χ2n) is 11.0. The van der Waals surface area contributed by atoms with Crippen LogP contribution in [0.15, 0.2) is 0 Å². The SMILES string of the molecule is CCCCCCCCCCCCCCCC(=O)O[C@H]1[C@H](O)[C@@H](CO)O[C@@]1(CO)O[C@H]1O[C@H](CO)[C@@H](O)[C@H](O)[C@H]1O.[NaH]. The zero-order chi connectivity index (χ0) is 29.5. The molecule has 238 valence electrons. The average Bonchev–Trinajstić information content (AvgIpc) is 3.21. The average molecular weight is 605 g/mol. The van der Waals surface area contributed by atoms with Crippen LogP contribution in [0.1, 0.15) is 96.8 Å². The molecule has 0 bridgehead atoms. The van der Waals surface area contributed by atoms with Crippen molar-refractivity contribution in [2.75, 3.05) is 19.8 Å². The number of aliphatic hydroxyl groups excluding tert-OH is 7. The molecule has 0 radical (unpaired) electrons. The number of carbonyl (C=O) groups excluding carboxylic acids is 1. The summed E-state index contributed by atoms with van der Waals surface area (Å²) in [7, 11) is 0. The van der Waals surface area contributed by atoms with Gasteiger partial charge in [-0.25, -0.2) is 0 Å². The molecule has 0 spiro atoms. The van der Waals surface area contributed by atoms with Crippen molar-refractivity contribution in [1.29, 1.82) is 0 Å². The van der Waals surface area contributed by atoms with E-state index in [4.69, 9.17) is 18.9 Å². The second-order valence-corrected chi connectivity index (χ2v) is 11.0. The number of hydrogen-bond donors (Lipinski definition) is 7. The molecule has 0 aromatic rings. The van der Waals surface area contributed by atoms with E-state index in [-0.39, 0.29) is 36.0 Å². The number of rotatable bonds is 20. The van der Waals surface area contributed by atoms with Gasteiger partial charge in [0.1, 0.15) is 43.2 Å². The van der Waals surface area contributed by atoms with E-state index in [0.29, 0.717) is 6.42 Å². The fourth-order valence-corrected chi connectivity index (χ4v) is 5.26. The predicted molar refractivity (Wildman–Crippen MR) is 150 cm³/mol. The Morgan fingerprint density at radius 1 is 0.707 bits per heavy atom. The van der Waals surface area contributed by atoms with Gasteiger partial charge in [0.25, 0.3) is 0 Å². The molecule has 7 N–H and O–H groups in total. The van der Waals surface area contributed by atoms with E-state index < -0.39 is 80.6 Å². The summed E-state index contributed by atoms with van der Waals surface area (Å²) < 4.78 is 21.9. The molecule has 0 amide bonds. The van der Waals surface area contributed by atoms with Gasteiger partial charge >= 0.3 is 35.5 Å². The number of esters is 1. The number of carbonyl (C=O) groups is 1. The van der Waals surface area contributed by atoms with Crippen molar-refractivity contribution >= 4 is 35.5 Å². The van der Waals surface area contributed by atoms with Gasteiger partial charge in [-0.05, 0) is 6.42 Å². The van der Waals surface area contributed by atoms with E-state index in [1.807, 2.05) is 0 Å². The Balaban J connectivity index is 0.00000840. The van der Waals surface area contributed by atoms with Crippen LogP contribution in [0.5, 0.6) is 0 Å². The van der Waals surface area contributed by atoms with E-state index in [1.165, 1.54) is 57.8 Å². The summed E-state index contributed by atoms with van der Waals surface area (Å²) in [6.07, 6.45) is 2.37. The fourth-order valence-electron chi connectivity index (χ4n) is 5.26. The topological polar surface area (TPSA) is 196 Å². The van der Waals surface area contributed by atoms with Crippen LogP contribution < -0.4 is 0 Å². The number of aliphatic hydroxyl groups is 7. The van der Waals surface area contributed by atoms with Crippen molar-refractivity contribution in [2.45, 2.75) is 152 Å². The molecule has 2 saturated heterocycles. The van der Waals surface area contributed by atoms with Gasteiger partial charge in [-0.2, -0.15) is 0 Å². The fraction of sp³-hybridized carbons (Fsp3) is 0.964. The Labute approximate surface area is 265 Å². The van der Waals surface area contributed by atoms with Crippen LogP contribution >= 0.6 is 0 Å². The predicted octanol–water partition coefficient (Wildman–Crippen LogP) is -0.0119. The summed E-state index contributed by atoms with van der Waals surface area (Å²) in [5.41, 5.74) is 0. The molecule has 2 aliphatic heterocycles. The molecule has 2 rings (SSSR count). The van der Waals surface area contributed by atoms with Gasteiger partial charge in [0.2, 0.25) is 5.79 Å². The molecule has 0 aromatic carbocycles. The van der Waals surface area contributed by atoms with Crippen molar-refractivity contribution in [3.63, 3.8) is 0 Å². The molecular weight excluding hydrogens is 551 g/mol. The van der Waals surface area contributed by atoms with Crippen molar-refractivity contribution < 1.29 is 59.5 Å². The Bertz CT molecular complexity index is 701. The monoisotopic (exact) mass is 604 g/mol. The van der Waals surface area contributed by atoms with E-state index in [9.17, 15) is 40.5 Å². The summed E-state index contributed by atoms with van der Waals surface area (Å²) in [5.74, 6) is -2.91. The number of unbranched alkanes of at least 4 members (excludes halogenated alkanes) is 12.